The van der Waals surface area contributed by atoms with Gasteiger partial charge in [-0.05, 0) is 102 Å². The maximum atomic E-state index is 15.3. The van der Waals surface area contributed by atoms with Crippen LogP contribution in [0.15, 0.2) is 90.5 Å². The van der Waals surface area contributed by atoms with Crippen molar-refractivity contribution in [3.05, 3.63) is 124 Å². The molecule has 2 aliphatic heterocycles. The number of hydrogen-bond donors (Lipinski definition) is 0. The molecule has 2 heterocycles. The summed E-state index contributed by atoms with van der Waals surface area (Å²) < 4.78 is 27.9. The van der Waals surface area contributed by atoms with Gasteiger partial charge < -0.3 is 0 Å². The highest BCUT2D eigenvalue weighted by molar-refractivity contribution is 6.24. The van der Waals surface area contributed by atoms with Crippen LogP contribution >= 0.6 is 0 Å². The fourth-order valence-electron chi connectivity index (χ4n) is 9.03. The minimum absolute atomic E-state index is 0.00467. The molecular formula is C36H29F2NO2. The molecule has 4 aliphatic rings. The number of hydrogen-bond acceptors (Lipinski definition) is 3. The number of ketones is 2. The Morgan fingerprint density at radius 2 is 1.51 bits per heavy atom. The lowest BCUT2D eigenvalue weighted by atomic mass is 9.52. The van der Waals surface area contributed by atoms with Gasteiger partial charge in [-0.3, -0.25) is 14.5 Å². The van der Waals surface area contributed by atoms with Crippen LogP contribution in [-0.2, 0) is 10.3 Å². The maximum Gasteiger partial charge on any atom is 0.189 e. The van der Waals surface area contributed by atoms with Gasteiger partial charge in [-0.2, -0.15) is 0 Å². The largest absolute Gasteiger partial charge is 0.294 e. The van der Waals surface area contributed by atoms with Crippen LogP contribution in [0.4, 0.5) is 8.78 Å². The van der Waals surface area contributed by atoms with Crippen LogP contribution < -0.4 is 0 Å². The number of nitrogens with zero attached hydrogens (tertiary/aromatic N) is 1. The van der Waals surface area contributed by atoms with Crippen LogP contribution in [0.5, 0.6) is 0 Å². The van der Waals surface area contributed by atoms with Gasteiger partial charge in [0, 0.05) is 17.5 Å². The van der Waals surface area contributed by atoms with Gasteiger partial charge in [-0.1, -0.05) is 60.7 Å². The third-order valence-corrected chi connectivity index (χ3v) is 10.3. The molecule has 2 spiro atoms. The number of carbonyl (C=O) groups excluding carboxylic acids is 2. The summed E-state index contributed by atoms with van der Waals surface area (Å²) >= 11 is 0. The zero-order chi connectivity index (χ0) is 27.9. The topological polar surface area (TPSA) is 37.4 Å². The summed E-state index contributed by atoms with van der Waals surface area (Å²) in [5, 5.41) is 1.96. The van der Waals surface area contributed by atoms with E-state index in [1.807, 2.05) is 48.5 Å². The van der Waals surface area contributed by atoms with E-state index < -0.39 is 11.0 Å². The fourth-order valence-corrected chi connectivity index (χ4v) is 9.03. The maximum absolute atomic E-state index is 15.3. The van der Waals surface area contributed by atoms with Crippen LogP contribution in [0.25, 0.3) is 16.8 Å². The Balaban J connectivity index is 1.44. The smallest absolute Gasteiger partial charge is 0.189 e. The molecule has 3 fully saturated rings. The molecule has 2 aliphatic carbocycles. The number of Topliss-reactive ketones (excluding diaryl/α,β-unsaturated/α-hetero) is 2. The first kappa shape index (κ1) is 24.8. The predicted octanol–water partition coefficient (Wildman–Crippen LogP) is 7.59. The molecular weight excluding hydrogens is 516 g/mol. The highest BCUT2D eigenvalue weighted by Crippen LogP contribution is 2.71. The Kier molecular flexibility index (Phi) is 5.30. The van der Waals surface area contributed by atoms with Crippen molar-refractivity contribution < 1.29 is 18.4 Å². The van der Waals surface area contributed by atoms with E-state index in [4.69, 9.17) is 0 Å². The molecule has 0 radical (unpaired) electrons. The Bertz CT molecular complexity index is 1770. The van der Waals surface area contributed by atoms with Gasteiger partial charge in [0.1, 0.15) is 17.2 Å². The standard InChI is InChI=1S/C36H29F2NO2/c37-26-15-11-22(12-16-26)21-25-7-3-19-35(33(25)40)32(24-13-17-27(38)18-14-24)30-10-4-20-39(30)36(35)29-9-2-6-23-5-1-8-28(31(23)29)34(36)41/h1-2,5-6,8-9,11-18,21,30,32H,3-4,7,10,19-20H2/b25-21+/t30-,32-,35-,36-/m0/s1. The summed E-state index contributed by atoms with van der Waals surface area (Å²) in [7, 11) is 0. The lowest BCUT2D eigenvalue weighted by Crippen LogP contribution is -2.60. The molecule has 41 heavy (non-hydrogen) atoms. The highest BCUT2D eigenvalue weighted by atomic mass is 19.1. The third-order valence-electron chi connectivity index (χ3n) is 10.3. The highest BCUT2D eigenvalue weighted by Gasteiger charge is 2.77. The Labute approximate surface area is 237 Å². The molecule has 0 bridgehead atoms. The van der Waals surface area contributed by atoms with Crippen LogP contribution in [-0.4, -0.2) is 29.1 Å². The Morgan fingerprint density at radius 1 is 0.805 bits per heavy atom. The molecule has 3 nitrogen and oxygen atoms in total. The molecule has 1 saturated carbocycles. The minimum atomic E-state index is -1.14. The van der Waals surface area contributed by atoms with E-state index in [1.165, 1.54) is 24.3 Å². The molecule has 4 aromatic rings. The quantitative estimate of drug-likeness (QED) is 0.244. The molecule has 0 aromatic heterocycles. The van der Waals surface area contributed by atoms with Gasteiger partial charge in [0.2, 0.25) is 0 Å². The lowest BCUT2D eigenvalue weighted by molar-refractivity contribution is -0.132. The lowest BCUT2D eigenvalue weighted by Gasteiger charge is -2.50. The van der Waals surface area contributed by atoms with Gasteiger partial charge in [0.05, 0.1) is 5.41 Å². The van der Waals surface area contributed by atoms with E-state index in [2.05, 4.69) is 11.0 Å². The SMILES string of the molecule is O=C1c2cccc3cccc(c23)[C@]12N1CCC[C@H]1[C@H](c1ccc(F)cc1)[C@]21CCC/C(=C\c2ccc(F)cc2)C1=O. The molecule has 4 aromatic carbocycles. The molecule has 0 unspecified atom stereocenters. The predicted molar refractivity (Wildman–Crippen MR) is 154 cm³/mol. The summed E-state index contributed by atoms with van der Waals surface area (Å²) in [5.74, 6) is -0.914. The van der Waals surface area contributed by atoms with Gasteiger partial charge in [0.25, 0.3) is 0 Å². The second-order valence-corrected chi connectivity index (χ2v) is 12.1. The monoisotopic (exact) mass is 545 g/mol. The summed E-state index contributed by atoms with van der Waals surface area (Å²) in [5.41, 5.74) is 1.76. The molecule has 0 amide bonds. The van der Waals surface area contributed by atoms with Crippen molar-refractivity contribution in [3.63, 3.8) is 0 Å². The summed E-state index contributed by atoms with van der Waals surface area (Å²) in [4.78, 5) is 32.7. The van der Waals surface area contributed by atoms with Crippen molar-refractivity contribution in [1.82, 2.24) is 4.90 Å². The average molecular weight is 546 g/mol. The van der Waals surface area contributed by atoms with E-state index in [9.17, 15) is 8.78 Å². The first-order chi connectivity index (χ1) is 20.0. The van der Waals surface area contributed by atoms with E-state index in [1.54, 1.807) is 12.1 Å². The summed E-state index contributed by atoms with van der Waals surface area (Å²) in [6, 6.07) is 24.7. The number of halogens is 2. The molecule has 0 N–H and O–H groups in total. The van der Waals surface area contributed by atoms with Crippen molar-refractivity contribution in [2.75, 3.05) is 6.54 Å². The van der Waals surface area contributed by atoms with Crippen molar-refractivity contribution in [2.24, 2.45) is 5.41 Å². The second-order valence-electron chi connectivity index (χ2n) is 12.1. The summed E-state index contributed by atoms with van der Waals surface area (Å²) in [6.07, 6.45) is 5.60. The Hall–Kier alpha value is -3.96. The minimum Gasteiger partial charge on any atom is -0.294 e. The number of allylic oxidation sites excluding steroid dienone is 1. The molecule has 4 atom stereocenters. The van der Waals surface area contributed by atoms with E-state index in [0.29, 0.717) is 24.0 Å². The number of carbonyl (C=O) groups is 2. The van der Waals surface area contributed by atoms with Gasteiger partial charge >= 0.3 is 0 Å². The van der Waals surface area contributed by atoms with Crippen LogP contribution in [0.3, 0.4) is 0 Å². The molecule has 5 heteroatoms. The van der Waals surface area contributed by atoms with E-state index in [-0.39, 0.29) is 35.2 Å². The third kappa shape index (κ3) is 3.10. The number of fused-ring (bicyclic) bond motifs is 4. The molecule has 2 saturated heterocycles. The average Bonchev–Trinajstić information content (AvgIpc) is 3.62. The number of rotatable bonds is 2. The number of benzene rings is 4. The van der Waals surface area contributed by atoms with Crippen molar-refractivity contribution in [3.8, 4) is 0 Å². The fraction of sp³-hybridized carbons (Fsp3) is 0.278. The molecule has 204 valence electrons. The zero-order valence-corrected chi connectivity index (χ0v) is 22.6. The van der Waals surface area contributed by atoms with Crippen molar-refractivity contribution in [2.45, 2.75) is 49.6 Å². The normalized spacial score (nSPS) is 29.9. The van der Waals surface area contributed by atoms with Gasteiger partial charge in [0.15, 0.2) is 11.6 Å². The van der Waals surface area contributed by atoms with Crippen LogP contribution in [0.1, 0.15) is 65.1 Å². The van der Waals surface area contributed by atoms with Gasteiger partial charge in [-0.15, -0.1) is 0 Å². The van der Waals surface area contributed by atoms with E-state index in [0.717, 1.165) is 53.3 Å². The molecule has 8 rings (SSSR count). The second kappa shape index (κ2) is 8.77. The first-order valence-corrected chi connectivity index (χ1v) is 14.6. The van der Waals surface area contributed by atoms with Crippen LogP contribution in [0.2, 0.25) is 0 Å². The van der Waals surface area contributed by atoms with Crippen LogP contribution in [0, 0.1) is 17.0 Å². The van der Waals surface area contributed by atoms with Gasteiger partial charge in [-0.25, -0.2) is 8.78 Å². The summed E-state index contributed by atoms with van der Waals surface area (Å²) in [6.45, 7) is 0.727. The van der Waals surface area contributed by atoms with E-state index >= 15 is 9.59 Å². The van der Waals surface area contributed by atoms with Crippen molar-refractivity contribution >= 4 is 28.4 Å². The zero-order valence-electron chi connectivity index (χ0n) is 22.6. The van der Waals surface area contributed by atoms with Crippen molar-refractivity contribution in [1.29, 1.82) is 0 Å². The first-order valence-electron chi connectivity index (χ1n) is 14.6. The Morgan fingerprint density at radius 3 is 2.27 bits per heavy atom.